The highest BCUT2D eigenvalue weighted by atomic mass is 16.4. The minimum absolute atomic E-state index is 0.0347. The second-order valence-corrected chi connectivity index (χ2v) is 13.7. The molecule has 5 heteroatoms. The Morgan fingerprint density at radius 3 is 2.49 bits per heavy atom. The molecule has 0 saturated heterocycles. The first-order valence-electron chi connectivity index (χ1n) is 14.0. The number of aliphatic carboxylic acids is 1. The zero-order chi connectivity index (χ0) is 25.9. The van der Waals surface area contributed by atoms with Crippen LogP contribution in [0.25, 0.3) is 0 Å². The van der Waals surface area contributed by atoms with Crippen LogP contribution in [-0.4, -0.2) is 39.8 Å². The van der Waals surface area contributed by atoms with E-state index >= 15 is 0 Å². The zero-order valence-corrected chi connectivity index (χ0v) is 22.6. The van der Waals surface area contributed by atoms with Crippen molar-refractivity contribution in [2.24, 2.45) is 45.3 Å². The van der Waals surface area contributed by atoms with Gasteiger partial charge in [0.05, 0.1) is 12.2 Å². The molecule has 35 heavy (non-hydrogen) atoms. The van der Waals surface area contributed by atoms with Crippen LogP contribution in [0.5, 0.6) is 0 Å². The molecule has 0 aromatic rings. The van der Waals surface area contributed by atoms with E-state index in [-0.39, 0.29) is 40.6 Å². The topological polar surface area (TPSA) is 94.8 Å². The Labute approximate surface area is 211 Å². The van der Waals surface area contributed by atoms with Crippen LogP contribution in [0.2, 0.25) is 0 Å². The number of carboxylic acid groups (broad SMARTS) is 1. The average molecular weight is 489 g/mol. The van der Waals surface area contributed by atoms with E-state index in [1.54, 1.807) is 6.92 Å². The molecule has 5 nitrogen and oxygen atoms in total. The number of carboxylic acids is 1. The van der Waals surface area contributed by atoms with Crippen molar-refractivity contribution in [2.75, 3.05) is 6.61 Å². The van der Waals surface area contributed by atoms with Gasteiger partial charge in [-0.25, -0.2) is 0 Å². The van der Waals surface area contributed by atoms with Crippen LogP contribution in [0.15, 0.2) is 11.6 Å². The molecule has 0 unspecified atom stereocenters. The Kier molecular flexibility index (Phi) is 6.88. The van der Waals surface area contributed by atoms with E-state index in [1.165, 1.54) is 19.3 Å². The Balaban J connectivity index is 1.60. The summed E-state index contributed by atoms with van der Waals surface area (Å²) >= 11 is 0. The van der Waals surface area contributed by atoms with Gasteiger partial charge in [0.25, 0.3) is 0 Å². The van der Waals surface area contributed by atoms with Gasteiger partial charge in [-0.15, -0.1) is 0 Å². The first-order valence-corrected chi connectivity index (χ1v) is 14.0. The first-order chi connectivity index (χ1) is 16.3. The summed E-state index contributed by atoms with van der Waals surface area (Å²) in [6.45, 7) is 10.8. The van der Waals surface area contributed by atoms with Gasteiger partial charge in [-0.1, -0.05) is 26.8 Å². The molecule has 3 N–H and O–H groups in total. The lowest BCUT2D eigenvalue weighted by molar-refractivity contribution is -0.159. The quantitative estimate of drug-likeness (QED) is 0.268. The van der Waals surface area contributed by atoms with Gasteiger partial charge >= 0.3 is 5.97 Å². The highest BCUT2D eigenvalue weighted by molar-refractivity contribution is 5.71. The van der Waals surface area contributed by atoms with Crippen molar-refractivity contribution in [3.8, 4) is 0 Å². The van der Waals surface area contributed by atoms with E-state index < -0.39 is 11.6 Å². The van der Waals surface area contributed by atoms with Gasteiger partial charge in [0.2, 0.25) is 0 Å². The molecule has 0 aromatic heterocycles. The highest BCUT2D eigenvalue weighted by Crippen LogP contribution is 2.87. The molecule has 0 heterocycles. The molecule has 0 radical (unpaired) electrons. The molecule has 4 aliphatic rings. The Morgan fingerprint density at radius 2 is 1.86 bits per heavy atom. The number of hydrogen-bond donors (Lipinski definition) is 3. The number of allylic oxidation sites excluding steroid dienone is 2. The maximum atomic E-state index is 11.6. The van der Waals surface area contributed by atoms with Gasteiger partial charge in [-0.2, -0.15) is 0 Å². The Morgan fingerprint density at radius 1 is 1.14 bits per heavy atom. The van der Waals surface area contributed by atoms with Crippen molar-refractivity contribution in [1.29, 1.82) is 0 Å². The monoisotopic (exact) mass is 488 g/mol. The lowest BCUT2D eigenvalue weighted by Gasteiger charge is -2.61. The largest absolute Gasteiger partial charge is 0.481 e. The maximum absolute atomic E-state index is 11.6. The number of aliphatic hydroxyl groups excluding tert-OH is 1. The molecule has 1 spiro atoms. The van der Waals surface area contributed by atoms with Crippen LogP contribution in [0.4, 0.5) is 0 Å². The molecule has 0 aliphatic heterocycles. The number of hydrogen-bond acceptors (Lipinski definition) is 4. The van der Waals surface area contributed by atoms with Crippen LogP contribution >= 0.6 is 0 Å². The summed E-state index contributed by atoms with van der Waals surface area (Å²) in [7, 11) is 0. The number of rotatable bonds is 10. The Hall–Kier alpha value is -1.20. The van der Waals surface area contributed by atoms with Gasteiger partial charge < -0.3 is 15.3 Å². The number of carbonyl (C=O) groups excluding carboxylic acids is 1. The normalized spacial score (nSPS) is 45.0. The molecular weight excluding hydrogens is 440 g/mol. The molecule has 4 fully saturated rings. The summed E-state index contributed by atoms with van der Waals surface area (Å²) in [6.07, 6.45) is 13.6. The van der Waals surface area contributed by atoms with Gasteiger partial charge in [-0.05, 0) is 129 Å². The summed E-state index contributed by atoms with van der Waals surface area (Å²) < 4.78 is 0. The maximum Gasteiger partial charge on any atom is 0.303 e. The molecule has 0 amide bonds. The smallest absolute Gasteiger partial charge is 0.303 e. The van der Waals surface area contributed by atoms with E-state index in [4.69, 9.17) is 0 Å². The number of fused-ring (bicyclic) bond motifs is 2. The third-order valence-electron chi connectivity index (χ3n) is 12.3. The van der Waals surface area contributed by atoms with Crippen molar-refractivity contribution < 1.29 is 24.9 Å². The molecule has 0 aromatic carbocycles. The fraction of sp³-hybridized carbons (Fsp3) is 0.867. The fourth-order valence-corrected chi connectivity index (χ4v) is 10.4. The van der Waals surface area contributed by atoms with Crippen LogP contribution < -0.4 is 0 Å². The van der Waals surface area contributed by atoms with E-state index in [1.807, 2.05) is 6.92 Å². The summed E-state index contributed by atoms with van der Waals surface area (Å²) in [5, 5.41) is 30.8. The summed E-state index contributed by atoms with van der Waals surface area (Å²) in [5.74, 6) is 1.04. The van der Waals surface area contributed by atoms with Crippen LogP contribution in [0.1, 0.15) is 105 Å². The fourth-order valence-electron chi connectivity index (χ4n) is 10.4. The van der Waals surface area contributed by atoms with Crippen molar-refractivity contribution in [3.05, 3.63) is 11.6 Å². The third-order valence-corrected chi connectivity index (χ3v) is 12.3. The number of aliphatic hydroxyl groups is 2. The SMILES string of the molecule is C/C(C=O)=C\CC[C@@H](C)[C@H]1CC[C@@]2(C)[C@@H]3CC[C@@H]([C@](C)(O)CO)[C@@]4(CCC(=O)O)C[C@@]34CC[C@]12C. The van der Waals surface area contributed by atoms with Gasteiger partial charge in [0, 0.05) is 6.42 Å². The molecule has 198 valence electrons. The number of carbonyl (C=O) groups is 2. The third kappa shape index (κ3) is 3.86. The van der Waals surface area contributed by atoms with Crippen LogP contribution in [0.3, 0.4) is 0 Å². The van der Waals surface area contributed by atoms with Crippen LogP contribution in [0, 0.1) is 45.3 Å². The molecule has 4 saturated carbocycles. The van der Waals surface area contributed by atoms with Crippen LogP contribution in [-0.2, 0) is 9.59 Å². The highest BCUT2D eigenvalue weighted by Gasteiger charge is 2.81. The average Bonchev–Trinajstić information content (AvgIpc) is 3.40. The van der Waals surface area contributed by atoms with Crippen molar-refractivity contribution in [3.63, 3.8) is 0 Å². The minimum Gasteiger partial charge on any atom is -0.481 e. The van der Waals surface area contributed by atoms with Crippen molar-refractivity contribution >= 4 is 12.3 Å². The predicted molar refractivity (Wildman–Crippen MR) is 137 cm³/mol. The molecular formula is C30H48O5. The number of aldehydes is 1. The minimum atomic E-state index is -1.16. The second kappa shape index (κ2) is 8.97. The van der Waals surface area contributed by atoms with E-state index in [2.05, 4.69) is 26.8 Å². The molecule has 4 aliphatic carbocycles. The van der Waals surface area contributed by atoms with Crippen molar-refractivity contribution in [2.45, 2.75) is 111 Å². The summed E-state index contributed by atoms with van der Waals surface area (Å²) in [6, 6.07) is 0. The van der Waals surface area contributed by atoms with Gasteiger partial charge in [0.15, 0.2) is 0 Å². The predicted octanol–water partition coefficient (Wildman–Crippen LogP) is 5.78. The molecule has 9 atom stereocenters. The van der Waals surface area contributed by atoms with E-state index in [0.29, 0.717) is 24.2 Å². The van der Waals surface area contributed by atoms with E-state index in [9.17, 15) is 24.9 Å². The lowest BCUT2D eigenvalue weighted by atomic mass is 9.43. The molecule has 0 bridgehead atoms. The summed E-state index contributed by atoms with van der Waals surface area (Å²) in [5.41, 5.74) is 0.0983. The first kappa shape index (κ1) is 26.9. The second-order valence-electron chi connectivity index (χ2n) is 13.7. The lowest BCUT2D eigenvalue weighted by Crippen LogP contribution is -2.57. The van der Waals surface area contributed by atoms with Gasteiger partial charge in [-0.3, -0.25) is 9.59 Å². The van der Waals surface area contributed by atoms with Gasteiger partial charge in [0.1, 0.15) is 6.29 Å². The summed E-state index contributed by atoms with van der Waals surface area (Å²) in [4.78, 5) is 22.6. The van der Waals surface area contributed by atoms with Crippen molar-refractivity contribution in [1.82, 2.24) is 0 Å². The Bertz CT molecular complexity index is 878. The zero-order valence-electron chi connectivity index (χ0n) is 22.6. The molecule has 4 rings (SSSR count). The van der Waals surface area contributed by atoms with E-state index in [0.717, 1.165) is 50.4 Å². The standard InChI is InChI=1S/C30H48O5/c1-20(17-31)7-6-8-21(2)22-11-13-27(4)23-9-10-24(28(5,35)19-32)29(14-12-25(33)34)18-30(23,29)16-15-26(22,27)3/h7,17,21-24,32,35H,6,8-16,18-19H2,1-5H3,(H,33,34)/b20-7+/t21-,22-,23+,24+,26-,27+,28-,29-,30+/m1/s1.